The standard InChI is InChI=1S/C18H20FN3O2S.2ClH/c1-11-17(18(23)22-8-12-6-20-7-13(12)9-22)25-16(21-11)10-24-15-4-2-14(19)3-5-15;;/h2-5,12-13,20H,6-10H2,1H3;2*1H/t12-,13+;;. The molecule has 5 nitrogen and oxygen atoms in total. The van der Waals surface area contributed by atoms with Crippen LogP contribution in [0.25, 0.3) is 0 Å². The van der Waals surface area contributed by atoms with Crippen molar-refractivity contribution in [3.63, 3.8) is 0 Å². The Bertz CT molecular complexity index is 775. The first-order valence-electron chi connectivity index (χ1n) is 8.45. The lowest BCUT2D eigenvalue weighted by molar-refractivity contribution is 0.0785. The molecule has 4 rings (SSSR count). The molecule has 0 bridgehead atoms. The van der Waals surface area contributed by atoms with E-state index < -0.39 is 0 Å². The topological polar surface area (TPSA) is 54.5 Å². The molecular formula is C18H22Cl2FN3O2S. The van der Waals surface area contributed by atoms with Gasteiger partial charge in [0.2, 0.25) is 0 Å². The minimum Gasteiger partial charge on any atom is -0.486 e. The number of aryl methyl sites for hydroxylation is 1. The van der Waals surface area contributed by atoms with Crippen LogP contribution in [0.1, 0.15) is 20.4 Å². The van der Waals surface area contributed by atoms with Crippen LogP contribution in [-0.2, 0) is 6.61 Å². The van der Waals surface area contributed by atoms with Crippen molar-refractivity contribution in [1.29, 1.82) is 0 Å². The summed E-state index contributed by atoms with van der Waals surface area (Å²) >= 11 is 1.39. The predicted molar refractivity (Wildman–Crippen MR) is 108 cm³/mol. The van der Waals surface area contributed by atoms with Gasteiger partial charge in [-0.3, -0.25) is 4.79 Å². The fraction of sp³-hybridized carbons (Fsp3) is 0.444. The van der Waals surface area contributed by atoms with Gasteiger partial charge in [0, 0.05) is 26.2 Å². The maximum absolute atomic E-state index is 12.9. The largest absolute Gasteiger partial charge is 0.486 e. The molecule has 2 aliphatic rings. The third-order valence-corrected chi connectivity index (χ3v) is 6.01. The quantitative estimate of drug-likeness (QED) is 0.803. The average Bonchev–Trinajstić information content (AvgIpc) is 3.28. The van der Waals surface area contributed by atoms with E-state index in [4.69, 9.17) is 4.74 Å². The van der Waals surface area contributed by atoms with Crippen molar-refractivity contribution >= 4 is 42.1 Å². The molecule has 2 saturated heterocycles. The monoisotopic (exact) mass is 433 g/mol. The third-order valence-electron chi connectivity index (χ3n) is 4.89. The highest BCUT2D eigenvalue weighted by atomic mass is 35.5. The van der Waals surface area contributed by atoms with Crippen molar-refractivity contribution in [2.75, 3.05) is 26.2 Å². The smallest absolute Gasteiger partial charge is 0.265 e. The predicted octanol–water partition coefficient (Wildman–Crippen LogP) is 3.30. The van der Waals surface area contributed by atoms with E-state index in [1.807, 2.05) is 11.8 Å². The molecule has 0 spiro atoms. The SMILES string of the molecule is Cc1nc(COc2ccc(F)cc2)sc1C(=O)N1C[C@H]2CNC[C@H]2C1.Cl.Cl. The lowest BCUT2D eigenvalue weighted by atomic mass is 10.0. The Balaban J connectivity index is 0.00000131. The number of benzene rings is 1. The number of ether oxygens (including phenoxy) is 1. The number of fused-ring (bicyclic) bond motifs is 1. The Morgan fingerprint density at radius 1 is 1.26 bits per heavy atom. The first kappa shape index (κ1) is 21.9. The van der Waals surface area contributed by atoms with Gasteiger partial charge in [0.15, 0.2) is 0 Å². The van der Waals surface area contributed by atoms with E-state index in [0.717, 1.165) is 36.9 Å². The number of hydrogen-bond acceptors (Lipinski definition) is 5. The van der Waals surface area contributed by atoms with E-state index in [1.165, 1.54) is 23.5 Å². The summed E-state index contributed by atoms with van der Waals surface area (Å²) in [4.78, 5) is 19.9. The number of thiazole rings is 1. The fourth-order valence-electron chi connectivity index (χ4n) is 3.55. The second-order valence-electron chi connectivity index (χ2n) is 6.65. The molecule has 3 heterocycles. The molecule has 2 aromatic rings. The maximum Gasteiger partial charge on any atom is 0.265 e. The highest BCUT2D eigenvalue weighted by molar-refractivity contribution is 7.13. The van der Waals surface area contributed by atoms with Crippen LogP contribution in [-0.4, -0.2) is 42.0 Å². The molecule has 0 unspecified atom stereocenters. The zero-order chi connectivity index (χ0) is 17.4. The first-order chi connectivity index (χ1) is 12.1. The maximum atomic E-state index is 12.9. The molecule has 1 aromatic heterocycles. The van der Waals surface area contributed by atoms with E-state index in [-0.39, 0.29) is 43.1 Å². The van der Waals surface area contributed by atoms with Gasteiger partial charge in [0.05, 0.1) is 5.69 Å². The van der Waals surface area contributed by atoms with Crippen LogP contribution < -0.4 is 10.1 Å². The van der Waals surface area contributed by atoms with Crippen LogP contribution in [0.3, 0.4) is 0 Å². The summed E-state index contributed by atoms with van der Waals surface area (Å²) in [6.07, 6.45) is 0. The van der Waals surface area contributed by atoms with Crippen molar-refractivity contribution < 1.29 is 13.9 Å². The molecule has 0 aliphatic carbocycles. The van der Waals surface area contributed by atoms with Gasteiger partial charge >= 0.3 is 0 Å². The first-order valence-corrected chi connectivity index (χ1v) is 9.26. The molecule has 1 amide bonds. The van der Waals surface area contributed by atoms with Crippen molar-refractivity contribution in [2.45, 2.75) is 13.5 Å². The van der Waals surface area contributed by atoms with Gasteiger partial charge in [-0.15, -0.1) is 36.2 Å². The van der Waals surface area contributed by atoms with Gasteiger partial charge < -0.3 is 15.0 Å². The Kier molecular flexibility index (Phi) is 7.45. The van der Waals surface area contributed by atoms with E-state index in [9.17, 15) is 9.18 Å². The van der Waals surface area contributed by atoms with Gasteiger partial charge in [-0.05, 0) is 43.0 Å². The number of hydrogen-bond donors (Lipinski definition) is 1. The number of likely N-dealkylation sites (tertiary alicyclic amines) is 1. The molecule has 2 atom stereocenters. The second kappa shape index (κ2) is 9.19. The Hall–Kier alpha value is -1.41. The number of carbonyl (C=O) groups excluding carboxylic acids is 1. The minimum absolute atomic E-state index is 0. The van der Waals surface area contributed by atoms with Crippen LogP contribution in [0.2, 0.25) is 0 Å². The zero-order valence-electron chi connectivity index (χ0n) is 14.8. The van der Waals surface area contributed by atoms with E-state index in [1.54, 1.807) is 12.1 Å². The molecule has 27 heavy (non-hydrogen) atoms. The lowest BCUT2D eigenvalue weighted by Crippen LogP contribution is -2.31. The van der Waals surface area contributed by atoms with Gasteiger partial charge in [-0.1, -0.05) is 0 Å². The number of rotatable bonds is 4. The summed E-state index contributed by atoms with van der Waals surface area (Å²) in [6.45, 7) is 5.81. The molecule has 9 heteroatoms. The number of nitrogens with one attached hydrogen (secondary N) is 1. The summed E-state index contributed by atoms with van der Waals surface area (Å²) in [7, 11) is 0. The molecule has 2 fully saturated rings. The summed E-state index contributed by atoms with van der Waals surface area (Å²) in [5.41, 5.74) is 0.753. The number of amides is 1. The molecular weight excluding hydrogens is 412 g/mol. The van der Waals surface area contributed by atoms with E-state index >= 15 is 0 Å². The number of nitrogens with zero attached hydrogens (tertiary/aromatic N) is 2. The van der Waals surface area contributed by atoms with Crippen molar-refractivity contribution in [3.8, 4) is 5.75 Å². The van der Waals surface area contributed by atoms with Crippen LogP contribution in [0, 0.1) is 24.6 Å². The summed E-state index contributed by atoms with van der Waals surface area (Å²) in [5, 5.41) is 4.14. The normalized spacial score (nSPS) is 20.6. The van der Waals surface area contributed by atoms with Crippen LogP contribution in [0.5, 0.6) is 5.75 Å². The summed E-state index contributed by atoms with van der Waals surface area (Å²) < 4.78 is 18.5. The van der Waals surface area contributed by atoms with Crippen molar-refractivity contribution in [2.24, 2.45) is 11.8 Å². The van der Waals surface area contributed by atoms with Gasteiger partial charge in [0.1, 0.15) is 28.1 Å². The Labute approximate surface area is 174 Å². The number of carbonyl (C=O) groups is 1. The summed E-state index contributed by atoms with van der Waals surface area (Å²) in [5.74, 6) is 1.53. The third kappa shape index (κ3) is 4.71. The van der Waals surface area contributed by atoms with E-state index in [0.29, 0.717) is 22.5 Å². The summed E-state index contributed by atoms with van der Waals surface area (Å²) in [6, 6.07) is 5.88. The van der Waals surface area contributed by atoms with Crippen LogP contribution in [0.15, 0.2) is 24.3 Å². The zero-order valence-corrected chi connectivity index (χ0v) is 17.3. The average molecular weight is 434 g/mol. The van der Waals surface area contributed by atoms with Gasteiger partial charge in [0.25, 0.3) is 5.91 Å². The highest BCUT2D eigenvalue weighted by Gasteiger charge is 2.39. The van der Waals surface area contributed by atoms with Crippen molar-refractivity contribution in [1.82, 2.24) is 15.2 Å². The van der Waals surface area contributed by atoms with Crippen molar-refractivity contribution in [3.05, 3.63) is 45.7 Å². The Morgan fingerprint density at radius 3 is 2.52 bits per heavy atom. The molecule has 2 aliphatic heterocycles. The van der Waals surface area contributed by atoms with Gasteiger partial charge in [-0.25, -0.2) is 9.37 Å². The number of halogens is 3. The minimum atomic E-state index is -0.295. The molecule has 148 valence electrons. The fourth-order valence-corrected chi connectivity index (χ4v) is 4.50. The van der Waals surface area contributed by atoms with Crippen LogP contribution in [0.4, 0.5) is 4.39 Å². The molecule has 0 saturated carbocycles. The number of aromatic nitrogens is 1. The Morgan fingerprint density at radius 2 is 1.89 bits per heavy atom. The highest BCUT2D eigenvalue weighted by Crippen LogP contribution is 2.29. The van der Waals surface area contributed by atoms with Gasteiger partial charge in [-0.2, -0.15) is 0 Å². The molecule has 0 radical (unpaired) electrons. The van der Waals surface area contributed by atoms with E-state index in [2.05, 4.69) is 10.3 Å². The second-order valence-corrected chi connectivity index (χ2v) is 7.74. The lowest BCUT2D eigenvalue weighted by Gasteiger charge is -2.16. The molecule has 1 N–H and O–H groups in total. The van der Waals surface area contributed by atoms with Crippen LogP contribution >= 0.6 is 36.2 Å². The molecule has 1 aromatic carbocycles.